The van der Waals surface area contributed by atoms with Gasteiger partial charge < -0.3 is 4.74 Å². The Hall–Kier alpha value is -1.79. The van der Waals surface area contributed by atoms with Crippen LogP contribution in [-0.4, -0.2) is 11.0 Å². The molecule has 21 heavy (non-hydrogen) atoms. The van der Waals surface area contributed by atoms with Gasteiger partial charge in [0.1, 0.15) is 11.3 Å². The molecule has 0 unspecified atom stereocenters. The maximum atomic E-state index is 12.9. The van der Waals surface area contributed by atoms with Crippen LogP contribution in [0.2, 0.25) is 0 Å². The third-order valence-electron chi connectivity index (χ3n) is 2.99. The van der Waals surface area contributed by atoms with Crippen molar-refractivity contribution in [2.24, 2.45) is 0 Å². The summed E-state index contributed by atoms with van der Waals surface area (Å²) in [5.74, 6) is 0.0137. The van der Waals surface area contributed by atoms with Crippen molar-refractivity contribution in [1.82, 2.24) is 0 Å². The fraction of sp³-hybridized carbons (Fsp3) is 0.571. The van der Waals surface area contributed by atoms with E-state index in [1.165, 1.54) is 6.07 Å². The largest absolute Gasteiger partial charge is 0.490 e. The molecule has 0 fully saturated rings. The lowest BCUT2D eigenvalue weighted by atomic mass is 10.1. The second-order valence-electron chi connectivity index (χ2n) is 4.75. The molecule has 1 aromatic rings. The number of ether oxygens (including phenoxy) is 1. The molecule has 0 aliphatic carbocycles. The Labute approximate surface area is 121 Å². The molecule has 0 N–H and O–H groups in total. The van der Waals surface area contributed by atoms with Crippen LogP contribution in [0.1, 0.15) is 45.1 Å². The van der Waals surface area contributed by atoms with Crippen molar-refractivity contribution in [3.8, 4) is 5.75 Å². The number of rotatable bonds is 7. The first-order valence-electron chi connectivity index (χ1n) is 6.81. The zero-order valence-electron chi connectivity index (χ0n) is 11.9. The Kier molecular flexibility index (Phi) is 5.99. The average molecular weight is 305 g/mol. The summed E-state index contributed by atoms with van der Waals surface area (Å²) in [5, 5.41) is 10.7. The molecule has 0 bridgehead atoms. The zero-order chi connectivity index (χ0) is 16.0. The molecular formula is C14H18F3NO3. The van der Waals surface area contributed by atoms with E-state index < -0.39 is 22.4 Å². The summed E-state index contributed by atoms with van der Waals surface area (Å²) in [7, 11) is 0. The molecular weight excluding hydrogens is 287 g/mol. The monoisotopic (exact) mass is 305 g/mol. The lowest BCUT2D eigenvalue weighted by Gasteiger charge is -2.19. The fourth-order valence-corrected chi connectivity index (χ4v) is 2.07. The number of benzene rings is 1. The first-order chi connectivity index (χ1) is 9.79. The second-order valence-corrected chi connectivity index (χ2v) is 4.75. The van der Waals surface area contributed by atoms with Crippen LogP contribution < -0.4 is 4.74 Å². The summed E-state index contributed by atoms with van der Waals surface area (Å²) >= 11 is 0. The third kappa shape index (κ3) is 4.91. The lowest BCUT2D eigenvalue weighted by molar-refractivity contribution is -0.388. The van der Waals surface area contributed by atoms with E-state index in [4.69, 9.17) is 4.74 Å². The third-order valence-corrected chi connectivity index (χ3v) is 2.99. The van der Waals surface area contributed by atoms with Crippen LogP contribution in [0.5, 0.6) is 5.75 Å². The van der Waals surface area contributed by atoms with Gasteiger partial charge in [0.25, 0.3) is 5.69 Å². The summed E-state index contributed by atoms with van der Waals surface area (Å²) in [6.45, 7) is 3.92. The van der Waals surface area contributed by atoms with E-state index in [0.717, 1.165) is 31.7 Å². The fourth-order valence-electron chi connectivity index (χ4n) is 2.07. The minimum absolute atomic E-state index is 0.0137. The SMILES string of the molecule is CCCC(CCC)Oc1ccc([N+](=O)[O-])c(C(F)(F)F)c1. The predicted octanol–water partition coefficient (Wildman–Crippen LogP) is 4.96. The summed E-state index contributed by atoms with van der Waals surface area (Å²) in [6.07, 6.45) is -1.80. The Morgan fingerprint density at radius 3 is 2.24 bits per heavy atom. The first-order valence-corrected chi connectivity index (χ1v) is 6.81. The molecule has 0 aromatic heterocycles. The van der Waals surface area contributed by atoms with Crippen LogP contribution >= 0.6 is 0 Å². The van der Waals surface area contributed by atoms with Crippen molar-refractivity contribution in [1.29, 1.82) is 0 Å². The molecule has 0 aliphatic rings. The molecule has 0 spiro atoms. The number of halogens is 3. The van der Waals surface area contributed by atoms with Crippen LogP contribution in [0.3, 0.4) is 0 Å². The summed E-state index contributed by atoms with van der Waals surface area (Å²) in [4.78, 5) is 9.63. The van der Waals surface area contributed by atoms with Crippen molar-refractivity contribution in [3.63, 3.8) is 0 Å². The number of hydrogen-bond donors (Lipinski definition) is 0. The van der Waals surface area contributed by atoms with Crippen LogP contribution in [0, 0.1) is 10.1 Å². The predicted molar refractivity (Wildman–Crippen MR) is 72.3 cm³/mol. The molecule has 4 nitrogen and oxygen atoms in total. The highest BCUT2D eigenvalue weighted by Crippen LogP contribution is 2.38. The topological polar surface area (TPSA) is 52.4 Å². The molecule has 0 saturated carbocycles. The van der Waals surface area contributed by atoms with Crippen LogP contribution in [0.15, 0.2) is 18.2 Å². The average Bonchev–Trinajstić information content (AvgIpc) is 2.38. The van der Waals surface area contributed by atoms with E-state index >= 15 is 0 Å². The summed E-state index contributed by atoms with van der Waals surface area (Å²) in [5.41, 5.74) is -2.24. The van der Waals surface area contributed by atoms with E-state index in [1.807, 2.05) is 13.8 Å². The maximum absolute atomic E-state index is 12.9. The highest BCUT2D eigenvalue weighted by Gasteiger charge is 2.38. The Balaban J connectivity index is 3.07. The Morgan fingerprint density at radius 1 is 1.24 bits per heavy atom. The van der Waals surface area contributed by atoms with Crippen LogP contribution in [-0.2, 0) is 6.18 Å². The van der Waals surface area contributed by atoms with E-state index in [1.54, 1.807) is 0 Å². The van der Waals surface area contributed by atoms with Crippen LogP contribution in [0.4, 0.5) is 18.9 Å². The van der Waals surface area contributed by atoms with Gasteiger partial charge in [0.15, 0.2) is 0 Å². The van der Waals surface area contributed by atoms with Gasteiger partial charge in [-0.2, -0.15) is 13.2 Å². The smallest absolute Gasteiger partial charge is 0.423 e. The molecule has 0 amide bonds. The quantitative estimate of drug-likeness (QED) is 0.528. The van der Waals surface area contributed by atoms with Gasteiger partial charge in [0.2, 0.25) is 0 Å². The van der Waals surface area contributed by atoms with Gasteiger partial charge in [-0.05, 0) is 25.0 Å². The molecule has 1 aromatic carbocycles. The molecule has 0 heterocycles. The van der Waals surface area contributed by atoms with Gasteiger partial charge in [-0.1, -0.05) is 26.7 Å². The highest BCUT2D eigenvalue weighted by atomic mass is 19.4. The standard InChI is InChI=1S/C14H18F3NO3/c1-3-5-10(6-4-2)21-11-7-8-13(18(19)20)12(9-11)14(15,16)17/h7-10H,3-6H2,1-2H3. The van der Waals surface area contributed by atoms with Crippen molar-refractivity contribution < 1.29 is 22.8 Å². The lowest BCUT2D eigenvalue weighted by Crippen LogP contribution is -2.17. The van der Waals surface area contributed by atoms with Crippen LogP contribution in [0.25, 0.3) is 0 Å². The molecule has 0 atom stereocenters. The first kappa shape index (κ1) is 17.3. The van der Waals surface area contributed by atoms with Gasteiger partial charge >= 0.3 is 6.18 Å². The number of hydrogen-bond acceptors (Lipinski definition) is 3. The molecule has 118 valence electrons. The minimum atomic E-state index is -4.78. The number of nitro groups is 1. The minimum Gasteiger partial charge on any atom is -0.490 e. The van der Waals surface area contributed by atoms with E-state index in [2.05, 4.69) is 0 Å². The number of alkyl halides is 3. The second kappa shape index (κ2) is 7.28. The summed E-state index contributed by atoms with van der Waals surface area (Å²) < 4.78 is 44.1. The maximum Gasteiger partial charge on any atom is 0.423 e. The highest BCUT2D eigenvalue weighted by molar-refractivity contribution is 5.47. The Bertz CT molecular complexity index is 483. The Morgan fingerprint density at radius 2 is 1.81 bits per heavy atom. The van der Waals surface area contributed by atoms with Gasteiger partial charge in [0, 0.05) is 6.07 Å². The van der Waals surface area contributed by atoms with E-state index in [-0.39, 0.29) is 11.9 Å². The molecule has 0 saturated heterocycles. The molecule has 0 aliphatic heterocycles. The van der Waals surface area contributed by atoms with Gasteiger partial charge in [0.05, 0.1) is 11.0 Å². The van der Waals surface area contributed by atoms with E-state index in [9.17, 15) is 23.3 Å². The number of nitrogens with zero attached hydrogens (tertiary/aromatic N) is 1. The summed E-state index contributed by atoms with van der Waals surface area (Å²) in [6, 6.07) is 2.76. The van der Waals surface area contributed by atoms with Crippen molar-refractivity contribution in [3.05, 3.63) is 33.9 Å². The van der Waals surface area contributed by atoms with Gasteiger partial charge in [-0.3, -0.25) is 10.1 Å². The van der Waals surface area contributed by atoms with E-state index in [0.29, 0.717) is 6.07 Å². The van der Waals surface area contributed by atoms with Gasteiger partial charge in [-0.15, -0.1) is 0 Å². The molecule has 0 radical (unpaired) electrons. The zero-order valence-corrected chi connectivity index (χ0v) is 11.9. The molecule has 1 rings (SSSR count). The van der Waals surface area contributed by atoms with Crippen molar-refractivity contribution >= 4 is 5.69 Å². The normalized spacial score (nSPS) is 11.7. The number of nitro benzene ring substituents is 1. The molecule has 7 heteroatoms. The van der Waals surface area contributed by atoms with Crippen molar-refractivity contribution in [2.75, 3.05) is 0 Å². The van der Waals surface area contributed by atoms with Gasteiger partial charge in [-0.25, -0.2) is 0 Å². The van der Waals surface area contributed by atoms with Crippen molar-refractivity contribution in [2.45, 2.75) is 51.8 Å².